The summed E-state index contributed by atoms with van der Waals surface area (Å²) in [6.45, 7) is 4.12. The molecule has 0 fully saturated rings. The number of nitrogens with zero attached hydrogens (tertiary/aromatic N) is 1. The number of benzene rings is 1. The number of likely N-dealkylation sites (N-methyl/N-ethyl adjacent to an activating group) is 1. The normalized spacial score (nSPS) is 25.8. The number of para-hydroxylation sites is 1. The lowest BCUT2D eigenvalue weighted by molar-refractivity contribution is -0.122. The van der Waals surface area contributed by atoms with Crippen LogP contribution in [-0.4, -0.2) is 17.8 Å². The maximum absolute atomic E-state index is 12.3. The Kier molecular flexibility index (Phi) is 2.82. The van der Waals surface area contributed by atoms with Crippen molar-refractivity contribution in [1.29, 1.82) is 0 Å². The van der Waals surface area contributed by atoms with E-state index < -0.39 is 0 Å². The van der Waals surface area contributed by atoms with E-state index in [2.05, 4.69) is 28.9 Å². The molecule has 86 valence electrons. The van der Waals surface area contributed by atoms with E-state index in [4.69, 9.17) is 0 Å². The van der Waals surface area contributed by atoms with Gasteiger partial charge in [-0.25, -0.2) is 0 Å². The molecule has 0 aliphatic carbocycles. The Hall–Kier alpha value is -0.830. The number of rotatable bonds is 2. The number of hydrogen-bond acceptors (Lipinski definition) is 1. The maximum Gasteiger partial charge on any atom is 0.237 e. The predicted octanol–water partition coefficient (Wildman–Crippen LogP) is 3.09. The third-order valence-electron chi connectivity index (χ3n) is 3.33. The highest BCUT2D eigenvalue weighted by atomic mass is 79.9. The topological polar surface area (TPSA) is 20.3 Å². The van der Waals surface area contributed by atoms with E-state index in [1.54, 1.807) is 4.90 Å². The first-order chi connectivity index (χ1) is 7.47. The predicted molar refractivity (Wildman–Crippen MR) is 70.2 cm³/mol. The number of anilines is 1. The highest BCUT2D eigenvalue weighted by Gasteiger charge is 2.45. The van der Waals surface area contributed by atoms with Crippen molar-refractivity contribution in [3.05, 3.63) is 29.8 Å². The fourth-order valence-electron chi connectivity index (χ4n) is 2.59. The van der Waals surface area contributed by atoms with Gasteiger partial charge in [-0.2, -0.15) is 0 Å². The third kappa shape index (κ3) is 1.58. The first-order valence-corrected chi connectivity index (χ1v) is 6.40. The van der Waals surface area contributed by atoms with Crippen LogP contribution in [0.2, 0.25) is 0 Å². The molecule has 2 atom stereocenters. The van der Waals surface area contributed by atoms with Crippen molar-refractivity contribution >= 4 is 27.5 Å². The highest BCUT2D eigenvalue weighted by Crippen LogP contribution is 2.44. The second-order valence-corrected chi connectivity index (χ2v) is 6.26. The Morgan fingerprint density at radius 2 is 2.06 bits per heavy atom. The van der Waals surface area contributed by atoms with Crippen molar-refractivity contribution in [2.75, 3.05) is 11.9 Å². The van der Waals surface area contributed by atoms with Crippen LogP contribution in [0.4, 0.5) is 5.69 Å². The second-order valence-electron chi connectivity index (χ2n) is 4.70. The molecule has 1 amide bonds. The molecule has 1 aromatic carbocycles. The van der Waals surface area contributed by atoms with E-state index in [1.165, 1.54) is 0 Å². The van der Waals surface area contributed by atoms with Gasteiger partial charge in [0.2, 0.25) is 5.91 Å². The van der Waals surface area contributed by atoms with E-state index in [1.807, 2.05) is 32.2 Å². The molecule has 0 bridgehead atoms. The van der Waals surface area contributed by atoms with Gasteiger partial charge in [0.25, 0.3) is 0 Å². The summed E-state index contributed by atoms with van der Waals surface area (Å²) >= 11 is 3.55. The lowest BCUT2D eigenvalue weighted by Crippen LogP contribution is -2.37. The van der Waals surface area contributed by atoms with Gasteiger partial charge in [-0.3, -0.25) is 4.79 Å². The molecular formula is C13H16BrNO. The average molecular weight is 282 g/mol. The standard InChI is InChI=1S/C13H16BrNO/c1-9(14)8-13(2)10-6-4-5-7-11(10)15(3)12(13)16/h4-7,9H,8H2,1-3H3. The van der Waals surface area contributed by atoms with E-state index in [0.29, 0.717) is 4.83 Å². The number of carbonyl (C=O) groups excluding carboxylic acids is 1. The van der Waals surface area contributed by atoms with Crippen LogP contribution in [0, 0.1) is 0 Å². The summed E-state index contributed by atoms with van der Waals surface area (Å²) in [4.78, 5) is 14.4. The minimum atomic E-state index is -0.381. The molecule has 1 aliphatic heterocycles. The smallest absolute Gasteiger partial charge is 0.237 e. The second kappa shape index (κ2) is 3.88. The molecule has 1 aromatic rings. The summed E-state index contributed by atoms with van der Waals surface area (Å²) in [6.07, 6.45) is 0.827. The van der Waals surface area contributed by atoms with E-state index in [9.17, 15) is 4.79 Å². The molecule has 2 unspecified atom stereocenters. The molecule has 0 N–H and O–H groups in total. The number of fused-ring (bicyclic) bond motifs is 1. The van der Waals surface area contributed by atoms with E-state index in [0.717, 1.165) is 17.7 Å². The summed E-state index contributed by atoms with van der Waals surface area (Å²) in [7, 11) is 1.85. The lowest BCUT2D eigenvalue weighted by atomic mass is 9.80. The Labute approximate surface area is 105 Å². The van der Waals surface area contributed by atoms with Crippen LogP contribution in [0.1, 0.15) is 25.8 Å². The third-order valence-corrected chi connectivity index (χ3v) is 3.65. The largest absolute Gasteiger partial charge is 0.314 e. The van der Waals surface area contributed by atoms with Crippen LogP contribution in [0.25, 0.3) is 0 Å². The Morgan fingerprint density at radius 3 is 2.69 bits per heavy atom. The van der Waals surface area contributed by atoms with Crippen molar-refractivity contribution < 1.29 is 4.79 Å². The zero-order valence-electron chi connectivity index (χ0n) is 9.83. The van der Waals surface area contributed by atoms with Crippen molar-refractivity contribution in [2.45, 2.75) is 30.5 Å². The fraction of sp³-hybridized carbons (Fsp3) is 0.462. The van der Waals surface area contributed by atoms with Crippen LogP contribution < -0.4 is 4.90 Å². The fourth-order valence-corrected chi connectivity index (χ4v) is 3.23. The molecule has 0 aromatic heterocycles. The molecule has 16 heavy (non-hydrogen) atoms. The van der Waals surface area contributed by atoms with Crippen LogP contribution in [-0.2, 0) is 10.2 Å². The van der Waals surface area contributed by atoms with Crippen LogP contribution in [0.3, 0.4) is 0 Å². The van der Waals surface area contributed by atoms with Gasteiger partial charge in [-0.05, 0) is 25.0 Å². The van der Waals surface area contributed by atoms with Gasteiger partial charge >= 0.3 is 0 Å². The molecule has 2 nitrogen and oxygen atoms in total. The SMILES string of the molecule is CC(Br)CC1(C)C(=O)N(C)c2ccccc21. The van der Waals surface area contributed by atoms with Gasteiger partial charge in [0.05, 0.1) is 5.41 Å². The lowest BCUT2D eigenvalue weighted by Gasteiger charge is -2.24. The van der Waals surface area contributed by atoms with E-state index in [-0.39, 0.29) is 11.3 Å². The molecule has 0 spiro atoms. The first kappa shape index (κ1) is 11.6. The van der Waals surface area contributed by atoms with Crippen LogP contribution in [0.5, 0.6) is 0 Å². The number of alkyl halides is 1. The van der Waals surface area contributed by atoms with Gasteiger partial charge in [0, 0.05) is 17.6 Å². The van der Waals surface area contributed by atoms with Crippen molar-refractivity contribution in [2.24, 2.45) is 0 Å². The molecular weight excluding hydrogens is 266 g/mol. The van der Waals surface area contributed by atoms with Gasteiger partial charge in [-0.15, -0.1) is 0 Å². The highest BCUT2D eigenvalue weighted by molar-refractivity contribution is 9.09. The van der Waals surface area contributed by atoms with Gasteiger partial charge in [-0.1, -0.05) is 41.1 Å². The Bertz CT molecular complexity index is 430. The van der Waals surface area contributed by atoms with Crippen LogP contribution >= 0.6 is 15.9 Å². The molecule has 0 saturated carbocycles. The Morgan fingerprint density at radius 1 is 1.44 bits per heavy atom. The van der Waals surface area contributed by atoms with Gasteiger partial charge in [0.1, 0.15) is 0 Å². The average Bonchev–Trinajstić information content (AvgIpc) is 2.42. The number of amides is 1. The molecule has 2 rings (SSSR count). The molecule has 3 heteroatoms. The quantitative estimate of drug-likeness (QED) is 0.763. The Balaban J connectivity index is 2.52. The van der Waals surface area contributed by atoms with E-state index >= 15 is 0 Å². The molecule has 1 heterocycles. The van der Waals surface area contributed by atoms with Crippen molar-refractivity contribution in [3.63, 3.8) is 0 Å². The van der Waals surface area contributed by atoms with Crippen molar-refractivity contribution in [1.82, 2.24) is 0 Å². The monoisotopic (exact) mass is 281 g/mol. The summed E-state index contributed by atoms with van der Waals surface area (Å²) in [5.41, 5.74) is 1.81. The summed E-state index contributed by atoms with van der Waals surface area (Å²) in [5.74, 6) is 0.194. The maximum atomic E-state index is 12.3. The van der Waals surface area contributed by atoms with Gasteiger partial charge in [0.15, 0.2) is 0 Å². The zero-order chi connectivity index (χ0) is 11.9. The molecule has 0 saturated heterocycles. The minimum absolute atomic E-state index is 0.194. The summed E-state index contributed by atoms with van der Waals surface area (Å²) in [5, 5.41) is 0. The number of carbonyl (C=O) groups is 1. The van der Waals surface area contributed by atoms with Crippen molar-refractivity contribution in [3.8, 4) is 0 Å². The summed E-state index contributed by atoms with van der Waals surface area (Å²) in [6, 6.07) is 8.05. The minimum Gasteiger partial charge on any atom is -0.314 e. The zero-order valence-corrected chi connectivity index (χ0v) is 11.4. The number of halogens is 1. The van der Waals surface area contributed by atoms with Gasteiger partial charge < -0.3 is 4.90 Å². The summed E-state index contributed by atoms with van der Waals surface area (Å²) < 4.78 is 0. The van der Waals surface area contributed by atoms with Crippen LogP contribution in [0.15, 0.2) is 24.3 Å². The molecule has 1 aliphatic rings. The number of hydrogen-bond donors (Lipinski definition) is 0. The molecule has 0 radical (unpaired) electrons. The first-order valence-electron chi connectivity index (χ1n) is 5.48.